The fraction of sp³-hybridized carbons (Fsp3) is 0. The van der Waals surface area contributed by atoms with Gasteiger partial charge in [-0.1, -0.05) is 18.2 Å². The van der Waals surface area contributed by atoms with E-state index in [0.717, 1.165) is 12.1 Å². The highest BCUT2D eigenvalue weighted by Crippen LogP contribution is 2.26. The van der Waals surface area contributed by atoms with Crippen molar-refractivity contribution in [2.24, 2.45) is 10.2 Å². The van der Waals surface area contributed by atoms with E-state index in [1.54, 1.807) is 24.3 Å². The molecule has 86 valence electrons. The molecule has 0 amide bonds. The average molecular weight is 233 g/mol. The zero-order chi connectivity index (χ0) is 12.3. The molecule has 0 spiro atoms. The van der Waals surface area contributed by atoms with E-state index in [-0.39, 0.29) is 0 Å². The maximum absolute atomic E-state index is 13.2. The molecule has 2 rings (SSSR count). The third kappa shape index (κ3) is 2.44. The SMILES string of the molecule is Nc1ccccc1N=Nc1c(F)cccc1F. The largest absolute Gasteiger partial charge is 0.397 e. The summed E-state index contributed by atoms with van der Waals surface area (Å²) in [7, 11) is 0. The molecular formula is C12H9F2N3. The molecule has 0 atom stereocenters. The van der Waals surface area contributed by atoms with Crippen molar-refractivity contribution in [1.29, 1.82) is 0 Å². The Bertz CT molecular complexity index is 547. The number of anilines is 1. The first-order valence-electron chi connectivity index (χ1n) is 4.89. The van der Waals surface area contributed by atoms with Crippen LogP contribution < -0.4 is 5.73 Å². The van der Waals surface area contributed by atoms with Gasteiger partial charge in [-0.3, -0.25) is 0 Å². The number of hydrogen-bond acceptors (Lipinski definition) is 3. The van der Waals surface area contributed by atoms with Gasteiger partial charge in [-0.05, 0) is 24.3 Å². The topological polar surface area (TPSA) is 50.7 Å². The van der Waals surface area contributed by atoms with Crippen LogP contribution >= 0.6 is 0 Å². The van der Waals surface area contributed by atoms with E-state index in [9.17, 15) is 8.78 Å². The fourth-order valence-corrected chi connectivity index (χ4v) is 1.27. The molecule has 0 radical (unpaired) electrons. The minimum Gasteiger partial charge on any atom is -0.397 e. The molecule has 0 fully saturated rings. The van der Waals surface area contributed by atoms with Gasteiger partial charge in [-0.2, -0.15) is 0 Å². The lowest BCUT2D eigenvalue weighted by molar-refractivity contribution is 0.585. The zero-order valence-electron chi connectivity index (χ0n) is 8.77. The Labute approximate surface area is 96.6 Å². The molecule has 5 heteroatoms. The smallest absolute Gasteiger partial charge is 0.157 e. The maximum Gasteiger partial charge on any atom is 0.157 e. The van der Waals surface area contributed by atoms with Crippen molar-refractivity contribution in [2.45, 2.75) is 0 Å². The first kappa shape index (κ1) is 11.2. The van der Waals surface area contributed by atoms with Gasteiger partial charge in [-0.25, -0.2) is 8.78 Å². The van der Waals surface area contributed by atoms with Gasteiger partial charge in [0.05, 0.1) is 5.69 Å². The third-order valence-electron chi connectivity index (χ3n) is 2.13. The highest BCUT2D eigenvalue weighted by molar-refractivity contribution is 5.61. The quantitative estimate of drug-likeness (QED) is 0.619. The van der Waals surface area contributed by atoms with Crippen LogP contribution in [0.1, 0.15) is 0 Å². The molecule has 0 saturated carbocycles. The van der Waals surface area contributed by atoms with Gasteiger partial charge in [-0.15, -0.1) is 10.2 Å². The summed E-state index contributed by atoms with van der Waals surface area (Å²) in [5.41, 5.74) is 5.97. The molecule has 2 aromatic carbocycles. The monoisotopic (exact) mass is 233 g/mol. The van der Waals surface area contributed by atoms with E-state index in [1.807, 2.05) is 0 Å². The van der Waals surface area contributed by atoms with Crippen LogP contribution in [0.2, 0.25) is 0 Å². The van der Waals surface area contributed by atoms with Gasteiger partial charge in [0.25, 0.3) is 0 Å². The summed E-state index contributed by atoms with van der Waals surface area (Å²) < 4.78 is 26.5. The van der Waals surface area contributed by atoms with E-state index >= 15 is 0 Å². The predicted octanol–water partition coefficient (Wildman–Crippen LogP) is 3.96. The Balaban J connectivity index is 2.36. The van der Waals surface area contributed by atoms with Crippen molar-refractivity contribution in [1.82, 2.24) is 0 Å². The van der Waals surface area contributed by atoms with Crippen LogP contribution in [-0.2, 0) is 0 Å². The molecule has 0 aliphatic heterocycles. The van der Waals surface area contributed by atoms with Gasteiger partial charge in [0.2, 0.25) is 0 Å². The Morgan fingerprint density at radius 2 is 1.47 bits per heavy atom. The lowest BCUT2D eigenvalue weighted by atomic mass is 10.3. The van der Waals surface area contributed by atoms with Crippen molar-refractivity contribution in [2.75, 3.05) is 5.73 Å². The van der Waals surface area contributed by atoms with Crippen molar-refractivity contribution < 1.29 is 8.78 Å². The number of halogens is 2. The molecule has 2 aromatic rings. The van der Waals surface area contributed by atoms with Gasteiger partial charge in [0, 0.05) is 0 Å². The Kier molecular flexibility index (Phi) is 3.09. The predicted molar refractivity (Wildman–Crippen MR) is 61.4 cm³/mol. The minimum absolute atomic E-state index is 0.371. The number of nitrogens with zero attached hydrogens (tertiary/aromatic N) is 2. The van der Waals surface area contributed by atoms with Crippen LogP contribution in [0.3, 0.4) is 0 Å². The van der Waals surface area contributed by atoms with Gasteiger partial charge in [0.1, 0.15) is 5.69 Å². The van der Waals surface area contributed by atoms with Crippen molar-refractivity contribution >= 4 is 17.1 Å². The summed E-state index contributed by atoms with van der Waals surface area (Å²) in [6, 6.07) is 10.2. The van der Waals surface area contributed by atoms with Crippen molar-refractivity contribution in [3.8, 4) is 0 Å². The summed E-state index contributed by atoms with van der Waals surface area (Å²) in [5, 5.41) is 7.25. The number of nitrogens with two attached hydrogens (primary N) is 1. The second-order valence-corrected chi connectivity index (χ2v) is 3.33. The summed E-state index contributed by atoms with van der Waals surface area (Å²) >= 11 is 0. The Hall–Kier alpha value is -2.30. The fourth-order valence-electron chi connectivity index (χ4n) is 1.27. The third-order valence-corrected chi connectivity index (χ3v) is 2.13. The number of para-hydroxylation sites is 1. The van der Waals surface area contributed by atoms with E-state index < -0.39 is 17.3 Å². The Morgan fingerprint density at radius 3 is 2.12 bits per heavy atom. The summed E-state index contributed by atoms with van der Waals surface area (Å²) in [6.45, 7) is 0. The second-order valence-electron chi connectivity index (χ2n) is 3.33. The molecule has 0 saturated heterocycles. The van der Waals surface area contributed by atoms with Crippen LogP contribution in [0, 0.1) is 11.6 Å². The lowest BCUT2D eigenvalue weighted by Gasteiger charge is -1.99. The summed E-state index contributed by atoms with van der Waals surface area (Å²) in [5.74, 6) is -1.52. The highest BCUT2D eigenvalue weighted by Gasteiger charge is 2.06. The van der Waals surface area contributed by atoms with Crippen LogP contribution in [0.5, 0.6) is 0 Å². The van der Waals surface area contributed by atoms with E-state index in [2.05, 4.69) is 10.2 Å². The first-order chi connectivity index (χ1) is 8.18. The van der Waals surface area contributed by atoms with Crippen LogP contribution in [0.15, 0.2) is 52.7 Å². The highest BCUT2D eigenvalue weighted by atomic mass is 19.1. The van der Waals surface area contributed by atoms with Crippen LogP contribution in [0.25, 0.3) is 0 Å². The molecular weight excluding hydrogens is 224 g/mol. The molecule has 0 aliphatic carbocycles. The summed E-state index contributed by atoms with van der Waals surface area (Å²) in [4.78, 5) is 0. The zero-order valence-corrected chi connectivity index (χ0v) is 8.77. The van der Waals surface area contributed by atoms with E-state index in [0.29, 0.717) is 11.4 Å². The van der Waals surface area contributed by atoms with E-state index in [4.69, 9.17) is 5.73 Å². The Morgan fingerprint density at radius 1 is 0.824 bits per heavy atom. The van der Waals surface area contributed by atoms with Crippen LogP contribution in [-0.4, -0.2) is 0 Å². The first-order valence-corrected chi connectivity index (χ1v) is 4.89. The molecule has 0 aliphatic rings. The number of azo groups is 1. The molecule has 3 nitrogen and oxygen atoms in total. The molecule has 2 N–H and O–H groups in total. The lowest BCUT2D eigenvalue weighted by Crippen LogP contribution is -1.84. The number of hydrogen-bond donors (Lipinski definition) is 1. The average Bonchev–Trinajstić information content (AvgIpc) is 2.30. The van der Waals surface area contributed by atoms with Crippen molar-refractivity contribution in [3.05, 3.63) is 54.1 Å². The molecule has 0 unspecified atom stereocenters. The molecule has 0 bridgehead atoms. The van der Waals surface area contributed by atoms with Gasteiger partial charge >= 0.3 is 0 Å². The molecule has 17 heavy (non-hydrogen) atoms. The maximum atomic E-state index is 13.2. The van der Waals surface area contributed by atoms with Crippen LogP contribution in [0.4, 0.5) is 25.8 Å². The summed E-state index contributed by atoms with van der Waals surface area (Å²) in [6.07, 6.45) is 0. The number of nitrogen functional groups attached to an aromatic ring is 1. The second kappa shape index (κ2) is 4.69. The van der Waals surface area contributed by atoms with E-state index in [1.165, 1.54) is 6.07 Å². The number of benzene rings is 2. The normalized spacial score (nSPS) is 10.9. The standard InChI is InChI=1S/C12H9F2N3/c13-8-4-3-5-9(14)12(8)17-16-11-7-2-1-6-10(11)15/h1-7H,15H2. The number of rotatable bonds is 2. The molecule has 0 heterocycles. The molecule has 0 aromatic heterocycles. The minimum atomic E-state index is -0.761. The van der Waals surface area contributed by atoms with Crippen molar-refractivity contribution in [3.63, 3.8) is 0 Å². The van der Waals surface area contributed by atoms with Gasteiger partial charge < -0.3 is 5.73 Å². The van der Waals surface area contributed by atoms with Gasteiger partial charge in [0.15, 0.2) is 17.3 Å².